The van der Waals surface area contributed by atoms with Gasteiger partial charge in [-0.2, -0.15) is 4.39 Å². The van der Waals surface area contributed by atoms with E-state index < -0.39 is 0 Å². The van der Waals surface area contributed by atoms with E-state index in [1.807, 2.05) is 0 Å². The van der Waals surface area contributed by atoms with Crippen LogP contribution in [0.5, 0.6) is 0 Å². The molecule has 0 fully saturated rings. The number of Topliss-reactive ketones (excluding diaryl/α,β-unsaturated/α-hetero) is 1. The fraction of sp³-hybridized carbons (Fsp3) is 0.286. The van der Waals surface area contributed by atoms with E-state index in [0.29, 0.717) is 10.8 Å². The van der Waals surface area contributed by atoms with Gasteiger partial charge in [-0.15, -0.1) is 22.9 Å². The molecule has 0 aromatic carbocycles. The third-order valence-corrected chi connectivity index (χ3v) is 2.27. The molecule has 0 unspecified atom stereocenters. The zero-order valence-electron chi connectivity index (χ0n) is 5.64. The third-order valence-electron chi connectivity index (χ3n) is 1.17. The average Bonchev–Trinajstić information content (AvgIpc) is 2.36. The summed E-state index contributed by atoms with van der Waals surface area (Å²) in [5, 5.41) is -0.331. The highest BCUT2D eigenvalue weighted by molar-refractivity contribution is 7.12. The molecule has 0 saturated carbocycles. The van der Waals surface area contributed by atoms with Crippen LogP contribution < -0.4 is 0 Å². The molecule has 0 spiro atoms. The van der Waals surface area contributed by atoms with Gasteiger partial charge in [-0.05, 0) is 12.1 Å². The molecular formula is C7H6ClFOS. The number of alkyl halides is 1. The first kappa shape index (κ1) is 8.68. The fourth-order valence-electron chi connectivity index (χ4n) is 0.673. The van der Waals surface area contributed by atoms with Gasteiger partial charge in [0.2, 0.25) is 0 Å². The first-order valence-corrected chi connectivity index (χ1v) is 4.43. The van der Waals surface area contributed by atoms with Crippen molar-refractivity contribution in [1.29, 1.82) is 0 Å². The van der Waals surface area contributed by atoms with Gasteiger partial charge in [0.25, 0.3) is 0 Å². The lowest BCUT2D eigenvalue weighted by Crippen LogP contribution is -1.95. The van der Waals surface area contributed by atoms with Crippen LogP contribution in [0.4, 0.5) is 4.39 Å². The van der Waals surface area contributed by atoms with E-state index >= 15 is 0 Å². The van der Waals surface area contributed by atoms with Crippen molar-refractivity contribution >= 4 is 28.7 Å². The summed E-state index contributed by atoms with van der Waals surface area (Å²) in [6, 6.07) is 2.76. The molecule has 4 heteroatoms. The maximum atomic E-state index is 12.4. The van der Waals surface area contributed by atoms with E-state index in [4.69, 9.17) is 11.6 Å². The molecule has 0 aliphatic rings. The van der Waals surface area contributed by atoms with Crippen LogP contribution in [0.3, 0.4) is 0 Å². The molecule has 1 aromatic rings. The predicted octanol–water partition coefficient (Wildman–Crippen LogP) is 2.70. The molecule has 0 N–H and O–H groups in total. The number of rotatable bonds is 3. The lowest BCUT2D eigenvalue weighted by atomic mass is 10.3. The Morgan fingerprint density at radius 3 is 2.82 bits per heavy atom. The minimum absolute atomic E-state index is 0.0890. The molecule has 11 heavy (non-hydrogen) atoms. The van der Waals surface area contributed by atoms with Gasteiger partial charge < -0.3 is 0 Å². The Hall–Kier alpha value is -0.410. The van der Waals surface area contributed by atoms with Crippen LogP contribution >= 0.6 is 22.9 Å². The second kappa shape index (κ2) is 3.83. The predicted molar refractivity (Wildman–Crippen MR) is 43.9 cm³/mol. The largest absolute Gasteiger partial charge is 0.293 e. The van der Waals surface area contributed by atoms with Gasteiger partial charge in [-0.25, -0.2) is 0 Å². The van der Waals surface area contributed by atoms with Crippen LogP contribution in [0, 0.1) is 5.13 Å². The second-order valence-corrected chi connectivity index (χ2v) is 3.38. The highest BCUT2D eigenvalue weighted by atomic mass is 35.5. The van der Waals surface area contributed by atoms with Crippen molar-refractivity contribution in [3.05, 3.63) is 22.1 Å². The molecule has 1 nitrogen and oxygen atoms in total. The molecule has 0 aliphatic heterocycles. The maximum absolute atomic E-state index is 12.4. The van der Waals surface area contributed by atoms with Gasteiger partial charge in [0.05, 0.1) is 4.88 Å². The van der Waals surface area contributed by atoms with Gasteiger partial charge in [-0.3, -0.25) is 4.79 Å². The smallest absolute Gasteiger partial charge is 0.177 e. The van der Waals surface area contributed by atoms with Crippen LogP contribution in [0.25, 0.3) is 0 Å². The molecule has 0 radical (unpaired) electrons. The van der Waals surface area contributed by atoms with Crippen molar-refractivity contribution in [2.75, 3.05) is 5.88 Å². The normalized spacial score (nSPS) is 10.0. The van der Waals surface area contributed by atoms with Gasteiger partial charge in [-0.1, -0.05) is 0 Å². The molecule has 1 rings (SSSR count). The second-order valence-electron chi connectivity index (χ2n) is 1.97. The Balaban J connectivity index is 2.69. The van der Waals surface area contributed by atoms with Crippen LogP contribution in [-0.4, -0.2) is 11.7 Å². The number of carbonyl (C=O) groups is 1. The van der Waals surface area contributed by atoms with E-state index in [0.717, 1.165) is 11.3 Å². The van der Waals surface area contributed by atoms with Gasteiger partial charge in [0.15, 0.2) is 10.9 Å². The molecule has 1 aromatic heterocycles. The first-order valence-electron chi connectivity index (χ1n) is 3.08. The summed E-state index contributed by atoms with van der Waals surface area (Å²) >= 11 is 6.20. The Bertz CT molecular complexity index is 259. The molecule has 0 aliphatic carbocycles. The summed E-state index contributed by atoms with van der Waals surface area (Å²) < 4.78 is 12.4. The minimum Gasteiger partial charge on any atom is -0.293 e. The zero-order valence-corrected chi connectivity index (χ0v) is 7.21. The Morgan fingerprint density at radius 2 is 2.36 bits per heavy atom. The lowest BCUT2D eigenvalue weighted by Gasteiger charge is -1.89. The van der Waals surface area contributed by atoms with Gasteiger partial charge in [0, 0.05) is 12.3 Å². The summed E-state index contributed by atoms with van der Waals surface area (Å²) in [4.78, 5) is 11.5. The number of hydrogen-bond donors (Lipinski definition) is 0. The molecular weight excluding hydrogens is 187 g/mol. The van der Waals surface area contributed by atoms with E-state index in [2.05, 4.69) is 0 Å². The highest BCUT2D eigenvalue weighted by Crippen LogP contribution is 2.16. The van der Waals surface area contributed by atoms with E-state index in [1.54, 1.807) is 0 Å². The van der Waals surface area contributed by atoms with E-state index in [1.165, 1.54) is 12.1 Å². The SMILES string of the molecule is O=C(CCCl)c1ccc(F)s1. The van der Waals surface area contributed by atoms with Crippen molar-refractivity contribution in [2.24, 2.45) is 0 Å². The molecule has 0 bridgehead atoms. The summed E-state index contributed by atoms with van der Waals surface area (Å²) in [5.74, 6) is 0.201. The molecule has 0 atom stereocenters. The van der Waals surface area contributed by atoms with Crippen LogP contribution in [0.2, 0.25) is 0 Å². The number of hydrogen-bond acceptors (Lipinski definition) is 2. The monoisotopic (exact) mass is 192 g/mol. The number of carbonyl (C=O) groups excluding carboxylic acids is 1. The summed E-state index contributed by atoms with van der Waals surface area (Å²) in [7, 11) is 0. The first-order chi connectivity index (χ1) is 5.24. The third kappa shape index (κ3) is 2.27. The average molecular weight is 193 g/mol. The molecule has 1 heterocycles. The van der Waals surface area contributed by atoms with E-state index in [-0.39, 0.29) is 17.3 Å². The Kier molecular flexibility index (Phi) is 3.02. The van der Waals surface area contributed by atoms with Crippen molar-refractivity contribution in [3.63, 3.8) is 0 Å². The Labute approximate surface area is 72.8 Å². The quantitative estimate of drug-likeness (QED) is 0.532. The molecule has 0 saturated heterocycles. The molecule has 60 valence electrons. The fourth-order valence-corrected chi connectivity index (χ4v) is 1.54. The van der Waals surface area contributed by atoms with Crippen LogP contribution in [0.15, 0.2) is 12.1 Å². The van der Waals surface area contributed by atoms with E-state index in [9.17, 15) is 9.18 Å². The number of ketones is 1. The maximum Gasteiger partial charge on any atom is 0.177 e. The standard InChI is InChI=1S/C7H6ClFOS/c8-4-3-5(10)6-1-2-7(9)11-6/h1-2H,3-4H2. The number of halogens is 2. The van der Waals surface area contributed by atoms with Crippen LogP contribution in [0.1, 0.15) is 16.1 Å². The van der Waals surface area contributed by atoms with Crippen LogP contribution in [-0.2, 0) is 0 Å². The topological polar surface area (TPSA) is 17.1 Å². The van der Waals surface area contributed by atoms with Crippen molar-refractivity contribution in [2.45, 2.75) is 6.42 Å². The van der Waals surface area contributed by atoms with Crippen molar-refractivity contribution in [3.8, 4) is 0 Å². The van der Waals surface area contributed by atoms with Crippen molar-refractivity contribution < 1.29 is 9.18 Å². The number of thiophene rings is 1. The Morgan fingerprint density at radius 1 is 1.64 bits per heavy atom. The van der Waals surface area contributed by atoms with Crippen molar-refractivity contribution in [1.82, 2.24) is 0 Å². The van der Waals surface area contributed by atoms with Gasteiger partial charge >= 0.3 is 0 Å². The molecule has 0 amide bonds. The summed E-state index contributed by atoms with van der Waals surface area (Å²) in [6.45, 7) is 0. The minimum atomic E-state index is -0.331. The highest BCUT2D eigenvalue weighted by Gasteiger charge is 2.07. The summed E-state index contributed by atoms with van der Waals surface area (Å²) in [6.07, 6.45) is 0.279. The summed E-state index contributed by atoms with van der Waals surface area (Å²) in [5.41, 5.74) is 0. The lowest BCUT2D eigenvalue weighted by molar-refractivity contribution is 0.0993. The zero-order chi connectivity index (χ0) is 8.27. The van der Waals surface area contributed by atoms with Gasteiger partial charge in [0.1, 0.15) is 0 Å².